The second kappa shape index (κ2) is 8.73. The van der Waals surface area contributed by atoms with Gasteiger partial charge in [0.1, 0.15) is 18.0 Å². The van der Waals surface area contributed by atoms with Crippen molar-refractivity contribution in [2.75, 3.05) is 11.5 Å². The minimum atomic E-state index is -0.775. The van der Waals surface area contributed by atoms with Gasteiger partial charge in [0.05, 0.1) is 15.7 Å². The Labute approximate surface area is 181 Å². The molecule has 0 saturated carbocycles. The molecule has 5 nitrogen and oxygen atoms in total. The fourth-order valence-corrected chi connectivity index (χ4v) is 3.51. The van der Waals surface area contributed by atoms with E-state index >= 15 is 0 Å². The number of nitrogens with zero attached hydrogens (tertiary/aromatic N) is 1. The van der Waals surface area contributed by atoms with E-state index in [1.807, 2.05) is 0 Å². The quantitative estimate of drug-likeness (QED) is 0.314. The number of halogens is 3. The van der Waals surface area contributed by atoms with Gasteiger partial charge in [0, 0.05) is 0 Å². The minimum Gasteiger partial charge on any atom is -0.486 e. The van der Waals surface area contributed by atoms with E-state index in [2.05, 4.69) is 11.9 Å². The number of hydrogen-bond acceptors (Lipinski definition) is 4. The highest BCUT2D eigenvalue weighted by molar-refractivity contribution is 7.80. The summed E-state index contributed by atoms with van der Waals surface area (Å²) < 4.78 is 19.6. The molecule has 1 heterocycles. The van der Waals surface area contributed by atoms with Crippen molar-refractivity contribution in [1.82, 2.24) is 5.32 Å². The van der Waals surface area contributed by atoms with Crippen LogP contribution in [0.4, 0.5) is 10.1 Å². The van der Waals surface area contributed by atoms with Crippen LogP contribution in [0, 0.1) is 5.82 Å². The van der Waals surface area contributed by atoms with E-state index in [-0.39, 0.29) is 38.8 Å². The summed E-state index contributed by atoms with van der Waals surface area (Å²) in [4.78, 5) is 26.2. The summed E-state index contributed by atoms with van der Waals surface area (Å²) in [6, 6.07) is 8.57. The van der Waals surface area contributed by atoms with Gasteiger partial charge in [-0.2, -0.15) is 0 Å². The highest BCUT2D eigenvalue weighted by atomic mass is 35.5. The Morgan fingerprint density at radius 2 is 1.86 bits per heavy atom. The van der Waals surface area contributed by atoms with Crippen LogP contribution in [0.25, 0.3) is 6.08 Å². The van der Waals surface area contributed by atoms with E-state index in [1.165, 1.54) is 42.5 Å². The zero-order valence-corrected chi connectivity index (χ0v) is 17.1. The average Bonchev–Trinajstić information content (AvgIpc) is 2.66. The number of nitrogens with one attached hydrogen (secondary N) is 1. The van der Waals surface area contributed by atoms with Crippen LogP contribution >= 0.6 is 35.4 Å². The van der Waals surface area contributed by atoms with Crippen molar-refractivity contribution in [2.24, 2.45) is 0 Å². The lowest BCUT2D eigenvalue weighted by Gasteiger charge is -2.29. The molecule has 9 heteroatoms. The monoisotopic (exact) mass is 450 g/mol. The number of carbonyl (C=O) groups is 2. The number of thiocarbonyl (C=S) groups is 1. The average molecular weight is 451 g/mol. The Morgan fingerprint density at radius 1 is 1.21 bits per heavy atom. The molecule has 0 atom stereocenters. The molecule has 148 valence electrons. The lowest BCUT2D eigenvalue weighted by molar-refractivity contribution is -0.122. The maximum absolute atomic E-state index is 14.2. The van der Waals surface area contributed by atoms with Gasteiger partial charge in [-0.15, -0.1) is 0 Å². The van der Waals surface area contributed by atoms with Crippen molar-refractivity contribution in [2.45, 2.75) is 0 Å². The predicted octanol–water partition coefficient (Wildman–Crippen LogP) is 4.53. The normalized spacial score (nSPS) is 15.5. The van der Waals surface area contributed by atoms with Gasteiger partial charge in [-0.25, -0.2) is 9.29 Å². The van der Waals surface area contributed by atoms with Crippen LogP contribution in [-0.2, 0) is 9.59 Å². The molecule has 0 bridgehead atoms. The number of anilines is 1. The van der Waals surface area contributed by atoms with Gasteiger partial charge >= 0.3 is 0 Å². The number of rotatable bonds is 5. The standard InChI is InChI=1S/C20H13Cl2FN2O3S/c1-2-7-28-17-13(21)9-11(10-14(17)22)8-12-18(26)24-20(29)25(19(12)27)16-6-4-3-5-15(16)23/h2-6,8-10H,1,7H2,(H,24,26,29)/b12-8+. The van der Waals surface area contributed by atoms with Gasteiger partial charge in [-0.1, -0.05) is 48.0 Å². The number of amides is 2. The van der Waals surface area contributed by atoms with Gasteiger partial charge in [-0.05, 0) is 48.1 Å². The Hall–Kier alpha value is -2.74. The van der Waals surface area contributed by atoms with Gasteiger partial charge in [0.25, 0.3) is 11.8 Å². The molecular formula is C20H13Cl2FN2O3S. The Balaban J connectivity index is 2.01. The van der Waals surface area contributed by atoms with E-state index < -0.39 is 17.6 Å². The first kappa shape index (κ1) is 21.0. The van der Waals surface area contributed by atoms with Crippen molar-refractivity contribution in [3.8, 4) is 5.75 Å². The van der Waals surface area contributed by atoms with Crippen LogP contribution in [0.3, 0.4) is 0 Å². The summed E-state index contributed by atoms with van der Waals surface area (Å²) in [5.74, 6) is -1.90. The first-order chi connectivity index (χ1) is 13.8. The predicted molar refractivity (Wildman–Crippen MR) is 115 cm³/mol. The van der Waals surface area contributed by atoms with Crippen molar-refractivity contribution in [3.05, 3.63) is 76.1 Å². The topological polar surface area (TPSA) is 58.6 Å². The molecule has 1 N–H and O–H groups in total. The summed E-state index contributed by atoms with van der Waals surface area (Å²) in [7, 11) is 0. The largest absolute Gasteiger partial charge is 0.486 e. The highest BCUT2D eigenvalue weighted by Gasteiger charge is 2.35. The third-order valence-corrected chi connectivity index (χ3v) is 4.72. The molecule has 0 aromatic heterocycles. The summed E-state index contributed by atoms with van der Waals surface area (Å²) in [6.45, 7) is 3.75. The van der Waals surface area contributed by atoms with E-state index in [0.29, 0.717) is 5.56 Å². The number of para-hydroxylation sites is 1. The van der Waals surface area contributed by atoms with Gasteiger partial charge in [-0.3, -0.25) is 14.9 Å². The molecule has 3 rings (SSSR count). The van der Waals surface area contributed by atoms with E-state index in [0.717, 1.165) is 4.90 Å². The lowest BCUT2D eigenvalue weighted by Crippen LogP contribution is -2.54. The summed E-state index contributed by atoms with van der Waals surface area (Å²) in [6.07, 6.45) is 2.83. The van der Waals surface area contributed by atoms with Crippen LogP contribution in [0.1, 0.15) is 5.56 Å². The fourth-order valence-electron chi connectivity index (χ4n) is 2.62. The van der Waals surface area contributed by atoms with Gasteiger partial charge in [0.15, 0.2) is 10.9 Å². The molecule has 29 heavy (non-hydrogen) atoms. The minimum absolute atomic E-state index is 0.0716. The molecule has 0 unspecified atom stereocenters. The maximum Gasteiger partial charge on any atom is 0.270 e. The molecule has 1 aliphatic heterocycles. The molecule has 1 aliphatic rings. The summed E-state index contributed by atoms with van der Waals surface area (Å²) in [5.41, 5.74) is 0.0529. The number of ether oxygens (including phenoxy) is 1. The van der Waals surface area contributed by atoms with Crippen LogP contribution < -0.4 is 15.0 Å². The second-order valence-corrected chi connectivity index (χ2v) is 7.02. The highest BCUT2D eigenvalue weighted by Crippen LogP contribution is 2.35. The molecule has 2 aromatic carbocycles. The molecule has 0 spiro atoms. The van der Waals surface area contributed by atoms with Gasteiger partial charge < -0.3 is 4.74 Å². The molecule has 2 amide bonds. The van der Waals surface area contributed by atoms with Crippen molar-refractivity contribution in [3.63, 3.8) is 0 Å². The van der Waals surface area contributed by atoms with Crippen molar-refractivity contribution >= 4 is 64.1 Å². The molecule has 2 aromatic rings. The van der Waals surface area contributed by atoms with Crippen LogP contribution in [0.2, 0.25) is 10.0 Å². The first-order valence-electron chi connectivity index (χ1n) is 8.22. The first-order valence-corrected chi connectivity index (χ1v) is 9.38. The van der Waals surface area contributed by atoms with Crippen LogP contribution in [0.5, 0.6) is 5.75 Å². The Morgan fingerprint density at radius 3 is 2.48 bits per heavy atom. The van der Waals surface area contributed by atoms with Crippen LogP contribution in [0.15, 0.2) is 54.6 Å². The smallest absolute Gasteiger partial charge is 0.270 e. The Bertz CT molecular complexity index is 1050. The second-order valence-electron chi connectivity index (χ2n) is 5.82. The third kappa shape index (κ3) is 4.32. The van der Waals surface area contributed by atoms with E-state index in [4.69, 9.17) is 40.2 Å². The van der Waals surface area contributed by atoms with Gasteiger partial charge in [0.2, 0.25) is 0 Å². The van der Waals surface area contributed by atoms with Crippen molar-refractivity contribution < 1.29 is 18.7 Å². The van der Waals surface area contributed by atoms with Crippen molar-refractivity contribution in [1.29, 1.82) is 0 Å². The summed E-state index contributed by atoms with van der Waals surface area (Å²) >= 11 is 17.4. The molecule has 0 radical (unpaired) electrons. The van der Waals surface area contributed by atoms with Crippen LogP contribution in [-0.4, -0.2) is 23.5 Å². The molecule has 1 fully saturated rings. The Kier molecular flexibility index (Phi) is 6.32. The number of hydrogen-bond donors (Lipinski definition) is 1. The lowest BCUT2D eigenvalue weighted by atomic mass is 10.1. The zero-order chi connectivity index (χ0) is 21.1. The number of carbonyl (C=O) groups excluding carboxylic acids is 2. The zero-order valence-electron chi connectivity index (χ0n) is 14.7. The van der Waals surface area contributed by atoms with E-state index in [9.17, 15) is 14.0 Å². The summed E-state index contributed by atoms with van der Waals surface area (Å²) in [5, 5.41) is 2.55. The molecular weight excluding hydrogens is 438 g/mol. The maximum atomic E-state index is 14.2. The molecule has 0 aliphatic carbocycles. The number of benzene rings is 2. The van der Waals surface area contributed by atoms with E-state index in [1.54, 1.807) is 6.07 Å². The molecule has 1 saturated heterocycles. The fraction of sp³-hybridized carbons (Fsp3) is 0.0500. The third-order valence-electron chi connectivity index (χ3n) is 3.87. The SMILES string of the molecule is C=CCOc1c(Cl)cc(/C=C2\C(=O)NC(=S)N(c3ccccc3F)C2=O)cc1Cl.